The molecule has 2 atom stereocenters. The molecule has 2 aliphatic rings. The van der Waals surface area contributed by atoms with E-state index in [-0.39, 0.29) is 17.5 Å². The molecule has 1 aromatic heterocycles. The maximum atomic E-state index is 12.8. The molecular weight excluding hydrogens is 346 g/mol. The van der Waals surface area contributed by atoms with Crippen LogP contribution >= 0.6 is 0 Å². The van der Waals surface area contributed by atoms with E-state index in [9.17, 15) is 9.59 Å². The fraction of sp³-hybridized carbons (Fsp3) is 0.526. The van der Waals surface area contributed by atoms with Crippen LogP contribution in [0.1, 0.15) is 12.2 Å². The lowest BCUT2D eigenvalue weighted by molar-refractivity contribution is -0.150. The van der Waals surface area contributed by atoms with Crippen molar-refractivity contribution in [3.8, 4) is 0 Å². The minimum Gasteiger partial charge on any atom is -0.366 e. The Bertz CT molecular complexity index is 877. The first-order chi connectivity index (χ1) is 13.1. The maximum absolute atomic E-state index is 12.8. The monoisotopic (exact) mass is 371 g/mol. The molecule has 2 fully saturated rings. The highest BCUT2D eigenvalue weighted by atomic mass is 16.5. The Kier molecular flexibility index (Phi) is 5.20. The van der Waals surface area contributed by atoms with E-state index in [1.54, 1.807) is 6.07 Å². The van der Waals surface area contributed by atoms with Crippen molar-refractivity contribution in [3.05, 3.63) is 40.4 Å². The lowest BCUT2D eigenvalue weighted by atomic mass is 10.2. The predicted octanol–water partition coefficient (Wildman–Crippen LogP) is -0.0558. The van der Waals surface area contributed by atoms with Crippen molar-refractivity contribution in [1.29, 1.82) is 0 Å². The minimum atomic E-state index is -0.475. The molecule has 0 spiro atoms. The number of aromatic nitrogens is 2. The number of hydrogen-bond acceptors (Lipinski definition) is 6. The van der Waals surface area contributed by atoms with Crippen LogP contribution in [0.3, 0.4) is 0 Å². The number of benzene rings is 1. The highest BCUT2D eigenvalue weighted by Gasteiger charge is 2.32. The van der Waals surface area contributed by atoms with Crippen LogP contribution in [0.5, 0.6) is 0 Å². The topological polar surface area (TPSA) is 90.6 Å². The van der Waals surface area contributed by atoms with Crippen molar-refractivity contribution in [2.45, 2.75) is 25.1 Å². The van der Waals surface area contributed by atoms with E-state index in [1.165, 1.54) is 0 Å². The van der Waals surface area contributed by atoms with Gasteiger partial charge in [-0.1, -0.05) is 12.1 Å². The molecule has 0 bridgehead atoms. The van der Waals surface area contributed by atoms with E-state index < -0.39 is 6.10 Å². The first-order valence-corrected chi connectivity index (χ1v) is 9.41. The zero-order valence-corrected chi connectivity index (χ0v) is 15.5. The maximum Gasteiger partial charge on any atom is 0.258 e. The van der Waals surface area contributed by atoms with Gasteiger partial charge in [-0.25, -0.2) is 4.98 Å². The number of morpholine rings is 1. The molecule has 2 aliphatic heterocycles. The average Bonchev–Trinajstić information content (AvgIpc) is 3.22. The molecule has 2 aromatic rings. The first kappa shape index (κ1) is 18.1. The molecule has 2 saturated heterocycles. The third kappa shape index (κ3) is 3.87. The summed E-state index contributed by atoms with van der Waals surface area (Å²) in [5.41, 5.74) is 0.551. The highest BCUT2D eigenvalue weighted by molar-refractivity contribution is 5.81. The summed E-state index contributed by atoms with van der Waals surface area (Å²) < 4.78 is 5.74. The van der Waals surface area contributed by atoms with Gasteiger partial charge in [-0.05, 0) is 25.1 Å². The van der Waals surface area contributed by atoms with E-state index in [0.29, 0.717) is 43.0 Å². The van der Waals surface area contributed by atoms with Gasteiger partial charge in [-0.15, -0.1) is 0 Å². The van der Waals surface area contributed by atoms with Crippen molar-refractivity contribution in [3.63, 3.8) is 0 Å². The molecule has 27 heavy (non-hydrogen) atoms. The third-order valence-corrected chi connectivity index (χ3v) is 5.39. The van der Waals surface area contributed by atoms with Gasteiger partial charge in [0.15, 0.2) is 0 Å². The van der Waals surface area contributed by atoms with Gasteiger partial charge in [-0.3, -0.25) is 14.5 Å². The second-order valence-electron chi connectivity index (χ2n) is 7.22. The van der Waals surface area contributed by atoms with Gasteiger partial charge in [0.2, 0.25) is 0 Å². The molecule has 0 aliphatic carbocycles. The Labute approximate surface area is 157 Å². The van der Waals surface area contributed by atoms with Crippen LogP contribution in [0, 0.1) is 0 Å². The van der Waals surface area contributed by atoms with E-state index >= 15 is 0 Å². The summed E-state index contributed by atoms with van der Waals surface area (Å²) in [6, 6.07) is 7.53. The minimum absolute atomic E-state index is 0.0216. The van der Waals surface area contributed by atoms with Crippen molar-refractivity contribution in [2.75, 3.05) is 39.8 Å². The summed E-state index contributed by atoms with van der Waals surface area (Å²) >= 11 is 0. The van der Waals surface area contributed by atoms with Gasteiger partial charge in [0.05, 0.1) is 24.1 Å². The molecule has 0 radical (unpaired) electrons. The van der Waals surface area contributed by atoms with E-state index in [0.717, 1.165) is 19.5 Å². The van der Waals surface area contributed by atoms with Gasteiger partial charge in [0, 0.05) is 32.7 Å². The zero-order valence-electron chi connectivity index (χ0n) is 15.5. The zero-order chi connectivity index (χ0) is 18.8. The average molecular weight is 371 g/mol. The number of likely N-dealkylation sites (N-methyl/N-ethyl adjacent to an activating group) is 1. The number of para-hydroxylation sites is 1. The fourth-order valence-electron chi connectivity index (χ4n) is 3.79. The van der Waals surface area contributed by atoms with Gasteiger partial charge in [0.1, 0.15) is 11.9 Å². The molecule has 8 nitrogen and oxygen atoms in total. The number of nitrogens with zero attached hydrogens (tertiary/aromatic N) is 3. The highest BCUT2D eigenvalue weighted by Crippen LogP contribution is 2.14. The SMILES string of the molecule is CN(C(=O)[C@H]1CN(Cc2nc3ccccc3c(=O)[nH]2)CCO1)[C@H]1CCNC1. The molecule has 2 N–H and O–H groups in total. The Morgan fingerprint density at radius 1 is 1.41 bits per heavy atom. The number of hydrogen-bond donors (Lipinski definition) is 2. The van der Waals surface area contributed by atoms with Crippen molar-refractivity contribution in [2.24, 2.45) is 0 Å². The molecule has 0 saturated carbocycles. The number of ether oxygens (including phenoxy) is 1. The first-order valence-electron chi connectivity index (χ1n) is 9.41. The Hall–Kier alpha value is -2.29. The van der Waals surface area contributed by atoms with Gasteiger partial charge >= 0.3 is 0 Å². The second kappa shape index (κ2) is 7.75. The van der Waals surface area contributed by atoms with Crippen LogP contribution < -0.4 is 10.9 Å². The second-order valence-corrected chi connectivity index (χ2v) is 7.22. The van der Waals surface area contributed by atoms with Gasteiger partial charge < -0.3 is 19.9 Å². The normalized spacial score (nSPS) is 23.6. The summed E-state index contributed by atoms with van der Waals surface area (Å²) in [6.07, 6.45) is 0.498. The van der Waals surface area contributed by atoms with Crippen LogP contribution in [-0.2, 0) is 16.1 Å². The number of aromatic amines is 1. The van der Waals surface area contributed by atoms with E-state index in [2.05, 4.69) is 20.2 Å². The van der Waals surface area contributed by atoms with Crippen LogP contribution in [0.4, 0.5) is 0 Å². The quantitative estimate of drug-likeness (QED) is 0.783. The molecule has 144 valence electrons. The molecule has 0 unspecified atom stereocenters. The van der Waals surface area contributed by atoms with Crippen LogP contribution in [0.25, 0.3) is 10.9 Å². The number of H-pyrrole nitrogens is 1. The molecule has 1 aromatic carbocycles. The number of amides is 1. The fourth-order valence-corrected chi connectivity index (χ4v) is 3.79. The summed E-state index contributed by atoms with van der Waals surface area (Å²) in [5.74, 6) is 0.633. The van der Waals surface area contributed by atoms with E-state index in [1.807, 2.05) is 30.1 Å². The molecule has 8 heteroatoms. The van der Waals surface area contributed by atoms with Crippen molar-refractivity contribution in [1.82, 2.24) is 25.1 Å². The van der Waals surface area contributed by atoms with Crippen molar-refractivity contribution >= 4 is 16.8 Å². The lowest BCUT2D eigenvalue weighted by Gasteiger charge is -2.35. The lowest BCUT2D eigenvalue weighted by Crippen LogP contribution is -2.52. The van der Waals surface area contributed by atoms with Gasteiger partial charge in [-0.2, -0.15) is 0 Å². The molecular formula is C19H25N5O3. The molecule has 1 amide bonds. The number of fused-ring (bicyclic) bond motifs is 1. The molecule has 3 heterocycles. The summed E-state index contributed by atoms with van der Waals surface area (Å²) in [5, 5.41) is 3.87. The smallest absolute Gasteiger partial charge is 0.258 e. The largest absolute Gasteiger partial charge is 0.366 e. The Balaban J connectivity index is 1.44. The third-order valence-electron chi connectivity index (χ3n) is 5.39. The molecule has 4 rings (SSSR count). The van der Waals surface area contributed by atoms with E-state index in [4.69, 9.17) is 4.74 Å². The standard InChI is InChI=1S/C19H25N5O3/c1-23(13-6-7-20-10-13)19(26)16-11-24(8-9-27-16)12-17-21-15-5-3-2-4-14(15)18(25)22-17/h2-5,13,16,20H,6-12H2,1H3,(H,21,22,25)/t13-,16+/m0/s1. The van der Waals surface area contributed by atoms with Gasteiger partial charge in [0.25, 0.3) is 11.5 Å². The Morgan fingerprint density at radius 2 is 2.26 bits per heavy atom. The van der Waals surface area contributed by atoms with Crippen LogP contribution in [0.15, 0.2) is 29.1 Å². The number of nitrogens with one attached hydrogen (secondary N) is 2. The summed E-state index contributed by atoms with van der Waals surface area (Å²) in [6.45, 7) is 3.96. The van der Waals surface area contributed by atoms with Crippen molar-refractivity contribution < 1.29 is 9.53 Å². The summed E-state index contributed by atoms with van der Waals surface area (Å²) in [4.78, 5) is 36.4. The van der Waals surface area contributed by atoms with Crippen LogP contribution in [-0.4, -0.2) is 77.7 Å². The number of carbonyl (C=O) groups is 1. The number of rotatable bonds is 4. The number of carbonyl (C=O) groups excluding carboxylic acids is 1. The van der Waals surface area contributed by atoms with Crippen LogP contribution in [0.2, 0.25) is 0 Å². The Morgan fingerprint density at radius 3 is 3.07 bits per heavy atom. The summed E-state index contributed by atoms with van der Waals surface area (Å²) in [7, 11) is 1.85. The predicted molar refractivity (Wildman–Crippen MR) is 101 cm³/mol.